The largest absolute Gasteiger partial charge is 0.462 e. The van der Waals surface area contributed by atoms with Gasteiger partial charge in [-0.05, 0) is 77.0 Å². The monoisotopic (exact) mass is 981 g/mol. The lowest BCUT2D eigenvalue weighted by Gasteiger charge is -2.18. The predicted octanol–water partition coefficient (Wildman–Crippen LogP) is 20.6. The second-order valence-electron chi connectivity index (χ2n) is 20.6. The molecule has 0 aromatic rings. The molecule has 0 saturated heterocycles. The fourth-order valence-corrected chi connectivity index (χ4v) is 8.90. The van der Waals surface area contributed by atoms with Crippen LogP contribution in [0.15, 0.2) is 48.6 Å². The molecular formula is C64H116O6. The van der Waals surface area contributed by atoms with Crippen LogP contribution < -0.4 is 0 Å². The molecule has 6 heteroatoms. The minimum Gasteiger partial charge on any atom is -0.462 e. The molecule has 0 radical (unpaired) electrons. The number of hydrogen-bond acceptors (Lipinski definition) is 6. The van der Waals surface area contributed by atoms with E-state index >= 15 is 0 Å². The molecule has 0 saturated carbocycles. The number of hydrogen-bond donors (Lipinski definition) is 0. The number of rotatable bonds is 56. The Morgan fingerprint density at radius 2 is 0.529 bits per heavy atom. The summed E-state index contributed by atoms with van der Waals surface area (Å²) in [6.45, 7) is 6.61. The maximum atomic E-state index is 12.8. The summed E-state index contributed by atoms with van der Waals surface area (Å²) >= 11 is 0. The van der Waals surface area contributed by atoms with Gasteiger partial charge in [0.2, 0.25) is 0 Å². The lowest BCUT2D eigenvalue weighted by molar-refractivity contribution is -0.167. The molecule has 408 valence electrons. The molecule has 70 heavy (non-hydrogen) atoms. The Labute approximate surface area is 435 Å². The van der Waals surface area contributed by atoms with E-state index in [1.165, 1.54) is 193 Å². The van der Waals surface area contributed by atoms with Gasteiger partial charge in [-0.1, -0.05) is 275 Å². The molecule has 0 aromatic heterocycles. The molecule has 0 fully saturated rings. The normalized spacial score (nSPS) is 12.3. The zero-order valence-electron chi connectivity index (χ0n) is 46.8. The second kappa shape index (κ2) is 58.9. The highest BCUT2D eigenvalue weighted by atomic mass is 16.6. The first kappa shape index (κ1) is 67.4. The zero-order chi connectivity index (χ0) is 50.7. The van der Waals surface area contributed by atoms with Crippen LogP contribution in [0.3, 0.4) is 0 Å². The summed E-state index contributed by atoms with van der Waals surface area (Å²) in [5, 5.41) is 0. The number of ether oxygens (including phenoxy) is 3. The van der Waals surface area contributed by atoms with Crippen LogP contribution in [0.1, 0.15) is 323 Å². The number of unbranched alkanes of at least 4 members (excludes halogenated alkanes) is 37. The van der Waals surface area contributed by atoms with E-state index in [1.54, 1.807) is 0 Å². The molecule has 0 aromatic carbocycles. The highest BCUT2D eigenvalue weighted by molar-refractivity contribution is 5.71. The summed E-state index contributed by atoms with van der Waals surface area (Å²) in [6, 6.07) is 0. The van der Waals surface area contributed by atoms with Crippen LogP contribution in [-0.4, -0.2) is 37.2 Å². The van der Waals surface area contributed by atoms with Crippen LogP contribution in [0.4, 0.5) is 0 Å². The van der Waals surface area contributed by atoms with Crippen molar-refractivity contribution < 1.29 is 28.6 Å². The Kier molecular flexibility index (Phi) is 56.7. The summed E-state index contributed by atoms with van der Waals surface area (Å²) in [4.78, 5) is 38.2. The molecule has 0 aliphatic rings. The molecular weight excluding hydrogens is 865 g/mol. The molecule has 0 aliphatic heterocycles. The van der Waals surface area contributed by atoms with Crippen LogP contribution >= 0.6 is 0 Å². The van der Waals surface area contributed by atoms with Crippen molar-refractivity contribution in [2.24, 2.45) is 0 Å². The topological polar surface area (TPSA) is 78.9 Å². The molecule has 0 aliphatic carbocycles. The van der Waals surface area contributed by atoms with Crippen LogP contribution in [0.5, 0.6) is 0 Å². The van der Waals surface area contributed by atoms with E-state index in [2.05, 4.69) is 69.4 Å². The predicted molar refractivity (Wildman–Crippen MR) is 302 cm³/mol. The summed E-state index contributed by atoms with van der Waals surface area (Å²) < 4.78 is 16.9. The van der Waals surface area contributed by atoms with Crippen molar-refractivity contribution in [3.63, 3.8) is 0 Å². The van der Waals surface area contributed by atoms with Crippen LogP contribution in [0, 0.1) is 0 Å². The zero-order valence-corrected chi connectivity index (χ0v) is 46.8. The fourth-order valence-electron chi connectivity index (χ4n) is 8.90. The van der Waals surface area contributed by atoms with E-state index in [-0.39, 0.29) is 31.1 Å². The molecule has 0 amide bonds. The van der Waals surface area contributed by atoms with Crippen molar-refractivity contribution in [2.45, 2.75) is 329 Å². The van der Waals surface area contributed by atoms with Crippen LogP contribution in [0.2, 0.25) is 0 Å². The van der Waals surface area contributed by atoms with Crippen LogP contribution in [-0.2, 0) is 28.6 Å². The number of allylic oxidation sites excluding steroid dienone is 8. The summed E-state index contributed by atoms with van der Waals surface area (Å²) in [7, 11) is 0. The highest BCUT2D eigenvalue weighted by Crippen LogP contribution is 2.17. The maximum absolute atomic E-state index is 12.8. The first-order valence-electron chi connectivity index (χ1n) is 30.6. The Balaban J connectivity index is 4.24. The van der Waals surface area contributed by atoms with Crippen molar-refractivity contribution in [1.29, 1.82) is 0 Å². The summed E-state index contributed by atoms with van der Waals surface area (Å²) in [5.41, 5.74) is 0. The van der Waals surface area contributed by atoms with Crippen LogP contribution in [0.25, 0.3) is 0 Å². The molecule has 0 heterocycles. The Bertz CT molecular complexity index is 1220. The summed E-state index contributed by atoms with van der Waals surface area (Å²) in [5.74, 6) is -0.874. The van der Waals surface area contributed by atoms with E-state index in [1.807, 2.05) is 0 Å². The lowest BCUT2D eigenvalue weighted by Crippen LogP contribution is -2.30. The van der Waals surface area contributed by atoms with Crippen molar-refractivity contribution in [1.82, 2.24) is 0 Å². The third-order valence-corrected chi connectivity index (χ3v) is 13.6. The second-order valence-corrected chi connectivity index (χ2v) is 20.6. The molecule has 6 nitrogen and oxygen atoms in total. The van der Waals surface area contributed by atoms with E-state index in [0.29, 0.717) is 19.3 Å². The molecule has 1 unspecified atom stereocenters. The average molecular weight is 982 g/mol. The van der Waals surface area contributed by atoms with E-state index in [0.717, 1.165) is 89.9 Å². The van der Waals surface area contributed by atoms with Gasteiger partial charge in [-0.2, -0.15) is 0 Å². The SMILES string of the molecule is CCCC/C=C\C/C=C\CCCCCCCC(=O)OC(COC(=O)CCCCCCCCCCCCCCC)COC(=O)CCCCCCCCCCCCCCC/C=C\C/C=C\CCCCCCC. The van der Waals surface area contributed by atoms with Gasteiger partial charge >= 0.3 is 17.9 Å². The van der Waals surface area contributed by atoms with E-state index in [4.69, 9.17) is 14.2 Å². The third kappa shape index (κ3) is 56.3. The number of carbonyl (C=O) groups excluding carboxylic acids is 3. The van der Waals surface area contributed by atoms with E-state index in [9.17, 15) is 14.4 Å². The Morgan fingerprint density at radius 1 is 0.286 bits per heavy atom. The molecule has 0 rings (SSSR count). The number of esters is 3. The van der Waals surface area contributed by atoms with Gasteiger partial charge in [0, 0.05) is 19.3 Å². The molecule has 0 spiro atoms. The Hall–Kier alpha value is -2.63. The maximum Gasteiger partial charge on any atom is 0.306 e. The Morgan fingerprint density at radius 3 is 0.829 bits per heavy atom. The standard InChI is InChI=1S/C64H116O6/c1-4-7-10-13-16-19-22-25-27-28-29-30-31-32-33-34-35-36-37-40-42-45-48-51-54-57-63(66)69-60-61(59-68-62(65)56-53-50-47-44-41-38-24-21-18-15-12-9-6-3)70-64(67)58-55-52-49-46-43-39-26-23-20-17-14-11-8-5-2/h14,17,22-23,25-26,28-29,61H,4-13,15-16,18-21,24,27,30-60H2,1-3H3/b17-14-,25-22-,26-23-,29-28-. The van der Waals surface area contributed by atoms with Gasteiger partial charge < -0.3 is 14.2 Å². The quantitative estimate of drug-likeness (QED) is 0.0261. The smallest absolute Gasteiger partial charge is 0.306 e. The van der Waals surface area contributed by atoms with Gasteiger partial charge in [-0.25, -0.2) is 0 Å². The molecule has 0 N–H and O–H groups in total. The fraction of sp³-hybridized carbons (Fsp3) is 0.828. The van der Waals surface area contributed by atoms with Crippen molar-refractivity contribution in [2.75, 3.05) is 13.2 Å². The van der Waals surface area contributed by atoms with Gasteiger partial charge in [-0.3, -0.25) is 14.4 Å². The van der Waals surface area contributed by atoms with Crippen molar-refractivity contribution in [3.05, 3.63) is 48.6 Å². The van der Waals surface area contributed by atoms with Gasteiger partial charge in [-0.15, -0.1) is 0 Å². The minimum atomic E-state index is -0.778. The number of carbonyl (C=O) groups is 3. The average Bonchev–Trinajstić information content (AvgIpc) is 3.36. The summed E-state index contributed by atoms with van der Waals surface area (Å²) in [6.07, 6.45) is 72.5. The first-order valence-corrected chi connectivity index (χ1v) is 30.6. The van der Waals surface area contributed by atoms with Gasteiger partial charge in [0.15, 0.2) is 6.10 Å². The lowest BCUT2D eigenvalue weighted by atomic mass is 10.0. The third-order valence-electron chi connectivity index (χ3n) is 13.6. The first-order chi connectivity index (χ1) is 34.5. The van der Waals surface area contributed by atoms with Crippen molar-refractivity contribution >= 4 is 17.9 Å². The highest BCUT2D eigenvalue weighted by Gasteiger charge is 2.19. The molecule has 0 bridgehead atoms. The van der Waals surface area contributed by atoms with Crippen molar-refractivity contribution in [3.8, 4) is 0 Å². The minimum absolute atomic E-state index is 0.0754. The van der Waals surface area contributed by atoms with Gasteiger partial charge in [0.05, 0.1) is 0 Å². The van der Waals surface area contributed by atoms with Gasteiger partial charge in [0.25, 0.3) is 0 Å². The molecule has 1 atom stereocenters. The van der Waals surface area contributed by atoms with E-state index < -0.39 is 6.10 Å². The van der Waals surface area contributed by atoms with Gasteiger partial charge in [0.1, 0.15) is 13.2 Å².